The van der Waals surface area contributed by atoms with Crippen molar-refractivity contribution >= 4 is 27.5 Å². The monoisotopic (exact) mass is 443 g/mol. The van der Waals surface area contributed by atoms with Gasteiger partial charge in [-0.15, -0.1) is 0 Å². The molecule has 0 bridgehead atoms. The zero-order valence-electron chi connectivity index (χ0n) is 14.9. The van der Waals surface area contributed by atoms with E-state index < -0.39 is 11.9 Å². The molecule has 5 nitrogen and oxygen atoms in total. The van der Waals surface area contributed by atoms with Crippen molar-refractivity contribution in [2.24, 2.45) is 5.73 Å². The number of hydrogen-bond donors (Lipinski definition) is 2. The van der Waals surface area contributed by atoms with Crippen molar-refractivity contribution in [3.05, 3.63) is 88.4 Å². The van der Waals surface area contributed by atoms with Crippen molar-refractivity contribution in [1.29, 1.82) is 0 Å². The van der Waals surface area contributed by atoms with Gasteiger partial charge in [-0.05, 0) is 70.4 Å². The Labute approximate surface area is 170 Å². The van der Waals surface area contributed by atoms with E-state index in [0.29, 0.717) is 28.9 Å². The third-order valence-electron chi connectivity index (χ3n) is 4.02. The summed E-state index contributed by atoms with van der Waals surface area (Å²) >= 11 is 3.07. The van der Waals surface area contributed by atoms with Crippen LogP contribution < -0.4 is 15.8 Å². The van der Waals surface area contributed by atoms with E-state index in [-0.39, 0.29) is 5.91 Å². The highest BCUT2D eigenvalue weighted by Crippen LogP contribution is 2.20. The molecule has 0 radical (unpaired) electrons. The number of nitrogens with two attached hydrogens (primary N) is 1. The van der Waals surface area contributed by atoms with Crippen LogP contribution in [-0.4, -0.2) is 16.9 Å². The number of pyridine rings is 1. The van der Waals surface area contributed by atoms with Crippen LogP contribution in [0.2, 0.25) is 0 Å². The van der Waals surface area contributed by atoms with Gasteiger partial charge in [-0.2, -0.15) is 0 Å². The average Bonchev–Trinajstić information content (AvgIpc) is 2.71. The number of nitrogens with zero attached hydrogens (tertiary/aromatic N) is 1. The number of ether oxygens (including phenoxy) is 1. The number of nitrogens with one attached hydrogen (secondary N) is 1. The lowest BCUT2D eigenvalue weighted by Gasteiger charge is -2.13. The van der Waals surface area contributed by atoms with Gasteiger partial charge in [0.25, 0.3) is 0 Å². The zero-order valence-corrected chi connectivity index (χ0v) is 16.5. The highest BCUT2D eigenvalue weighted by atomic mass is 79.9. The minimum atomic E-state index is -0.757. The Hall–Kier alpha value is -2.77. The van der Waals surface area contributed by atoms with Crippen LogP contribution in [0.15, 0.2) is 71.3 Å². The van der Waals surface area contributed by atoms with Gasteiger partial charge in [0, 0.05) is 11.9 Å². The number of benzene rings is 2. The molecule has 1 heterocycles. The first kappa shape index (κ1) is 20.0. The maximum absolute atomic E-state index is 13.5. The molecule has 0 aliphatic carbocycles. The SMILES string of the molecule is N[C@@H](Cc1ccc(OCc2ccccn2)cc1)C(=O)Nc1ccc(Br)c(F)c1. The summed E-state index contributed by atoms with van der Waals surface area (Å²) in [6, 6.07) is 16.6. The molecule has 3 aromatic rings. The summed E-state index contributed by atoms with van der Waals surface area (Å²) in [6.45, 7) is 0.381. The molecule has 0 spiro atoms. The zero-order chi connectivity index (χ0) is 19.9. The molecule has 1 amide bonds. The number of halogens is 2. The van der Waals surface area contributed by atoms with Gasteiger partial charge < -0.3 is 15.8 Å². The number of carbonyl (C=O) groups excluding carboxylic acids is 1. The van der Waals surface area contributed by atoms with E-state index in [0.717, 1.165) is 11.3 Å². The van der Waals surface area contributed by atoms with Gasteiger partial charge in [0.2, 0.25) is 5.91 Å². The third kappa shape index (κ3) is 5.61. The first-order valence-corrected chi connectivity index (χ1v) is 9.44. The number of hydrogen-bond acceptors (Lipinski definition) is 4. The molecule has 7 heteroatoms. The fourth-order valence-corrected chi connectivity index (χ4v) is 2.76. The van der Waals surface area contributed by atoms with Crippen LogP contribution in [0.1, 0.15) is 11.3 Å². The fraction of sp³-hybridized carbons (Fsp3) is 0.143. The molecule has 0 saturated heterocycles. The van der Waals surface area contributed by atoms with Crippen LogP contribution in [0.25, 0.3) is 0 Å². The number of aromatic nitrogens is 1. The molecule has 0 aliphatic rings. The highest BCUT2D eigenvalue weighted by Gasteiger charge is 2.15. The second-order valence-electron chi connectivity index (χ2n) is 6.18. The number of amides is 1. The first-order valence-electron chi connectivity index (χ1n) is 8.64. The molecule has 2 aromatic carbocycles. The normalized spacial score (nSPS) is 11.7. The van der Waals surface area contributed by atoms with Crippen molar-refractivity contribution in [3.63, 3.8) is 0 Å². The molecular formula is C21H19BrFN3O2. The topological polar surface area (TPSA) is 77.2 Å². The standard InChI is InChI=1S/C21H19BrFN3O2/c22-18-9-6-15(12-19(18)23)26-21(27)20(24)11-14-4-7-17(8-5-14)28-13-16-3-1-2-10-25-16/h1-10,12,20H,11,13,24H2,(H,26,27)/t20-/m0/s1. The Bertz CT molecular complexity index is 936. The molecule has 3 rings (SSSR count). The van der Waals surface area contributed by atoms with Crippen molar-refractivity contribution in [2.75, 3.05) is 5.32 Å². The van der Waals surface area contributed by atoms with Crippen LogP contribution in [0, 0.1) is 5.82 Å². The molecule has 144 valence electrons. The average molecular weight is 444 g/mol. The van der Waals surface area contributed by atoms with Crippen molar-refractivity contribution in [3.8, 4) is 5.75 Å². The molecule has 0 fully saturated rings. The van der Waals surface area contributed by atoms with E-state index in [4.69, 9.17) is 10.5 Å². The summed E-state index contributed by atoms with van der Waals surface area (Å²) in [4.78, 5) is 16.4. The lowest BCUT2D eigenvalue weighted by atomic mass is 10.1. The predicted octanol–water partition coefficient (Wildman–Crippen LogP) is 4.07. The van der Waals surface area contributed by atoms with Gasteiger partial charge in [-0.3, -0.25) is 9.78 Å². The quantitative estimate of drug-likeness (QED) is 0.576. The molecule has 28 heavy (non-hydrogen) atoms. The third-order valence-corrected chi connectivity index (χ3v) is 4.66. The minimum Gasteiger partial charge on any atom is -0.487 e. The summed E-state index contributed by atoms with van der Waals surface area (Å²) < 4.78 is 19.6. The Morgan fingerprint density at radius 2 is 1.96 bits per heavy atom. The second kappa shape index (κ2) is 9.43. The largest absolute Gasteiger partial charge is 0.487 e. The van der Waals surface area contributed by atoms with Crippen molar-refractivity contribution < 1.29 is 13.9 Å². The Kier molecular flexibility index (Phi) is 6.73. The van der Waals surface area contributed by atoms with Gasteiger partial charge in [0.1, 0.15) is 18.2 Å². The lowest BCUT2D eigenvalue weighted by Crippen LogP contribution is -2.37. The number of anilines is 1. The van der Waals surface area contributed by atoms with E-state index >= 15 is 0 Å². The maximum atomic E-state index is 13.5. The van der Waals surface area contributed by atoms with Gasteiger partial charge in [0.05, 0.1) is 16.2 Å². The molecule has 0 saturated carbocycles. The van der Waals surface area contributed by atoms with Crippen molar-refractivity contribution in [2.45, 2.75) is 19.1 Å². The number of rotatable bonds is 7. The van der Waals surface area contributed by atoms with E-state index in [1.165, 1.54) is 12.1 Å². The Morgan fingerprint density at radius 1 is 1.18 bits per heavy atom. The summed E-state index contributed by atoms with van der Waals surface area (Å²) in [7, 11) is 0. The van der Waals surface area contributed by atoms with Gasteiger partial charge >= 0.3 is 0 Å². The lowest BCUT2D eigenvalue weighted by molar-refractivity contribution is -0.117. The molecule has 3 N–H and O–H groups in total. The Morgan fingerprint density at radius 3 is 2.64 bits per heavy atom. The van der Waals surface area contributed by atoms with Crippen molar-refractivity contribution in [1.82, 2.24) is 4.98 Å². The van der Waals surface area contributed by atoms with Crippen LogP contribution in [-0.2, 0) is 17.8 Å². The minimum absolute atomic E-state index is 0.333. The van der Waals surface area contributed by atoms with E-state index in [1.54, 1.807) is 12.3 Å². The first-order chi connectivity index (χ1) is 13.5. The number of carbonyl (C=O) groups is 1. The summed E-state index contributed by atoms with van der Waals surface area (Å²) in [5.74, 6) is -0.123. The molecular weight excluding hydrogens is 425 g/mol. The fourth-order valence-electron chi connectivity index (χ4n) is 2.52. The maximum Gasteiger partial charge on any atom is 0.241 e. The second-order valence-corrected chi connectivity index (χ2v) is 7.04. The van der Waals surface area contributed by atoms with Crippen LogP contribution >= 0.6 is 15.9 Å². The Balaban J connectivity index is 1.52. The highest BCUT2D eigenvalue weighted by molar-refractivity contribution is 9.10. The summed E-state index contributed by atoms with van der Waals surface area (Å²) in [6.07, 6.45) is 2.07. The summed E-state index contributed by atoms with van der Waals surface area (Å²) in [5, 5.41) is 2.62. The van der Waals surface area contributed by atoms with Gasteiger partial charge in [-0.25, -0.2) is 4.39 Å². The van der Waals surface area contributed by atoms with E-state index in [1.807, 2.05) is 42.5 Å². The predicted molar refractivity (Wildman–Crippen MR) is 109 cm³/mol. The van der Waals surface area contributed by atoms with Crippen LogP contribution in [0.5, 0.6) is 5.75 Å². The molecule has 0 aliphatic heterocycles. The molecule has 1 aromatic heterocycles. The molecule has 1 atom stereocenters. The van der Waals surface area contributed by atoms with Crippen LogP contribution in [0.4, 0.5) is 10.1 Å². The smallest absolute Gasteiger partial charge is 0.241 e. The van der Waals surface area contributed by atoms with E-state index in [9.17, 15) is 9.18 Å². The molecule has 0 unspecified atom stereocenters. The van der Waals surface area contributed by atoms with E-state index in [2.05, 4.69) is 26.2 Å². The van der Waals surface area contributed by atoms with Gasteiger partial charge in [-0.1, -0.05) is 18.2 Å². The summed E-state index contributed by atoms with van der Waals surface area (Å²) in [5.41, 5.74) is 8.08. The van der Waals surface area contributed by atoms with Gasteiger partial charge in [0.15, 0.2) is 0 Å². The van der Waals surface area contributed by atoms with Crippen LogP contribution in [0.3, 0.4) is 0 Å².